The van der Waals surface area contributed by atoms with E-state index in [1.165, 1.54) is 12.1 Å². The summed E-state index contributed by atoms with van der Waals surface area (Å²) in [5.41, 5.74) is 6.32. The maximum atomic E-state index is 13.2. The van der Waals surface area contributed by atoms with Crippen molar-refractivity contribution < 1.29 is 9.18 Å². The zero-order valence-electron chi connectivity index (χ0n) is 10.4. The van der Waals surface area contributed by atoms with E-state index in [2.05, 4.69) is 0 Å². The molecule has 1 aromatic rings. The first-order valence-electron chi connectivity index (χ1n) is 6.47. The van der Waals surface area contributed by atoms with Gasteiger partial charge in [0.2, 0.25) is 5.91 Å². The van der Waals surface area contributed by atoms with E-state index in [9.17, 15) is 9.18 Å². The van der Waals surface area contributed by atoms with Crippen LogP contribution in [0.4, 0.5) is 4.39 Å². The quantitative estimate of drug-likeness (QED) is 0.890. The molecule has 1 aliphatic heterocycles. The molecule has 18 heavy (non-hydrogen) atoms. The molecule has 0 radical (unpaired) electrons. The van der Waals surface area contributed by atoms with Crippen LogP contribution in [0.15, 0.2) is 24.3 Å². The highest BCUT2D eigenvalue weighted by Crippen LogP contribution is 2.32. The van der Waals surface area contributed by atoms with Gasteiger partial charge in [-0.15, -0.1) is 0 Å². The van der Waals surface area contributed by atoms with Crippen molar-refractivity contribution >= 4 is 5.91 Å². The molecule has 3 nitrogen and oxygen atoms in total. The number of carbonyl (C=O) groups excluding carboxylic acids is 1. The van der Waals surface area contributed by atoms with Gasteiger partial charge in [0.05, 0.1) is 6.04 Å². The van der Waals surface area contributed by atoms with Crippen molar-refractivity contribution in [2.45, 2.75) is 31.7 Å². The molecule has 1 saturated heterocycles. The number of benzene rings is 1. The largest absolute Gasteiger partial charge is 0.336 e. The van der Waals surface area contributed by atoms with Crippen molar-refractivity contribution in [2.75, 3.05) is 13.1 Å². The average molecular weight is 250 g/mol. The van der Waals surface area contributed by atoms with Crippen molar-refractivity contribution in [1.82, 2.24) is 4.90 Å². The van der Waals surface area contributed by atoms with E-state index in [0.29, 0.717) is 19.4 Å². The second kappa shape index (κ2) is 5.96. The van der Waals surface area contributed by atoms with E-state index in [0.717, 1.165) is 24.9 Å². The molecule has 1 aliphatic rings. The Morgan fingerprint density at radius 2 is 2.33 bits per heavy atom. The zero-order chi connectivity index (χ0) is 13.0. The normalized spacial score (nSPS) is 19.2. The van der Waals surface area contributed by atoms with E-state index in [4.69, 9.17) is 5.73 Å². The van der Waals surface area contributed by atoms with Crippen molar-refractivity contribution in [3.8, 4) is 0 Å². The van der Waals surface area contributed by atoms with Gasteiger partial charge in [-0.1, -0.05) is 12.1 Å². The number of likely N-dealkylation sites (tertiary alicyclic amines) is 1. The van der Waals surface area contributed by atoms with Crippen molar-refractivity contribution in [3.63, 3.8) is 0 Å². The first-order chi connectivity index (χ1) is 8.72. The van der Waals surface area contributed by atoms with Crippen molar-refractivity contribution in [2.24, 2.45) is 5.73 Å². The highest BCUT2D eigenvalue weighted by atomic mass is 19.1. The number of nitrogens with zero attached hydrogens (tertiary/aromatic N) is 1. The maximum absolute atomic E-state index is 13.2. The molecule has 1 heterocycles. The molecule has 0 bridgehead atoms. The van der Waals surface area contributed by atoms with Gasteiger partial charge < -0.3 is 10.6 Å². The molecule has 0 saturated carbocycles. The molecule has 1 fully saturated rings. The monoisotopic (exact) mass is 250 g/mol. The lowest BCUT2D eigenvalue weighted by Crippen LogP contribution is -2.30. The minimum atomic E-state index is -0.242. The second-order valence-electron chi connectivity index (χ2n) is 4.69. The van der Waals surface area contributed by atoms with E-state index < -0.39 is 0 Å². The smallest absolute Gasteiger partial charge is 0.223 e. The summed E-state index contributed by atoms with van der Waals surface area (Å²) in [4.78, 5) is 13.9. The molecule has 1 unspecified atom stereocenters. The van der Waals surface area contributed by atoms with Crippen molar-refractivity contribution in [3.05, 3.63) is 35.6 Å². The summed E-state index contributed by atoms with van der Waals surface area (Å²) in [5, 5.41) is 0. The molecular weight excluding hydrogens is 231 g/mol. The van der Waals surface area contributed by atoms with Gasteiger partial charge in [0, 0.05) is 13.0 Å². The lowest BCUT2D eigenvalue weighted by atomic mass is 10.0. The molecule has 98 valence electrons. The predicted molar refractivity (Wildman–Crippen MR) is 68.4 cm³/mol. The van der Waals surface area contributed by atoms with Gasteiger partial charge in [0.15, 0.2) is 0 Å². The summed E-state index contributed by atoms with van der Waals surface area (Å²) >= 11 is 0. The Hall–Kier alpha value is -1.42. The fourth-order valence-electron chi connectivity index (χ4n) is 2.52. The molecular formula is C14H19FN2O. The van der Waals surface area contributed by atoms with Crippen LogP contribution in [0.5, 0.6) is 0 Å². The molecule has 0 aromatic heterocycles. The summed E-state index contributed by atoms with van der Waals surface area (Å²) in [6, 6.07) is 6.58. The SMILES string of the molecule is NCCCC(=O)N1CCCC1c1cccc(F)c1. The van der Waals surface area contributed by atoms with Crippen LogP contribution in [0.3, 0.4) is 0 Å². The predicted octanol–water partition coefficient (Wildman–Crippen LogP) is 2.23. The van der Waals surface area contributed by atoms with Crippen molar-refractivity contribution in [1.29, 1.82) is 0 Å². The fraction of sp³-hybridized carbons (Fsp3) is 0.500. The lowest BCUT2D eigenvalue weighted by molar-refractivity contribution is -0.132. The standard InChI is InChI=1S/C14H19FN2O/c15-12-5-1-4-11(10-12)13-6-3-9-17(13)14(18)7-2-8-16/h1,4-5,10,13H,2-3,6-9,16H2. The van der Waals surface area contributed by atoms with Gasteiger partial charge in [-0.25, -0.2) is 4.39 Å². The summed E-state index contributed by atoms with van der Waals surface area (Å²) in [6.07, 6.45) is 3.10. The number of hydrogen-bond donors (Lipinski definition) is 1. The lowest BCUT2D eigenvalue weighted by Gasteiger charge is -2.25. The van der Waals surface area contributed by atoms with Gasteiger partial charge >= 0.3 is 0 Å². The van der Waals surface area contributed by atoms with Crippen LogP contribution in [-0.4, -0.2) is 23.9 Å². The number of amides is 1. The van der Waals surface area contributed by atoms with Gasteiger partial charge in [0.25, 0.3) is 0 Å². The Morgan fingerprint density at radius 3 is 3.06 bits per heavy atom. The van der Waals surface area contributed by atoms with Crippen LogP contribution >= 0.6 is 0 Å². The number of halogens is 1. The molecule has 1 amide bonds. The van der Waals surface area contributed by atoms with Gasteiger partial charge in [-0.05, 0) is 43.5 Å². The summed E-state index contributed by atoms with van der Waals surface area (Å²) in [6.45, 7) is 1.30. The third kappa shape index (κ3) is 2.88. The number of nitrogens with two attached hydrogens (primary N) is 1. The van der Waals surface area contributed by atoms with E-state index >= 15 is 0 Å². The molecule has 0 aliphatic carbocycles. The molecule has 0 spiro atoms. The van der Waals surface area contributed by atoms with Crippen LogP contribution in [0, 0.1) is 5.82 Å². The Bertz CT molecular complexity index is 422. The van der Waals surface area contributed by atoms with E-state index in [1.807, 2.05) is 11.0 Å². The molecule has 1 atom stereocenters. The maximum Gasteiger partial charge on any atom is 0.223 e. The molecule has 1 aromatic carbocycles. The highest BCUT2D eigenvalue weighted by Gasteiger charge is 2.29. The van der Waals surface area contributed by atoms with Crippen LogP contribution in [-0.2, 0) is 4.79 Å². The van der Waals surface area contributed by atoms with Crippen LogP contribution in [0.2, 0.25) is 0 Å². The third-order valence-electron chi connectivity index (χ3n) is 3.40. The average Bonchev–Trinajstić information content (AvgIpc) is 2.85. The molecule has 2 N–H and O–H groups in total. The third-order valence-corrected chi connectivity index (χ3v) is 3.40. The van der Waals surface area contributed by atoms with Gasteiger partial charge in [-0.2, -0.15) is 0 Å². The van der Waals surface area contributed by atoms with Gasteiger partial charge in [-0.3, -0.25) is 4.79 Å². The molecule has 2 rings (SSSR count). The highest BCUT2D eigenvalue weighted by molar-refractivity contribution is 5.77. The Balaban J connectivity index is 2.10. The van der Waals surface area contributed by atoms with Gasteiger partial charge in [0.1, 0.15) is 5.82 Å². The zero-order valence-corrected chi connectivity index (χ0v) is 10.4. The van der Waals surface area contributed by atoms with Crippen LogP contribution < -0.4 is 5.73 Å². The van der Waals surface area contributed by atoms with E-state index in [1.54, 1.807) is 6.07 Å². The van der Waals surface area contributed by atoms with Crippen LogP contribution in [0.1, 0.15) is 37.3 Å². The summed E-state index contributed by atoms with van der Waals surface area (Å²) < 4.78 is 13.2. The second-order valence-corrected chi connectivity index (χ2v) is 4.69. The first-order valence-corrected chi connectivity index (χ1v) is 6.47. The Morgan fingerprint density at radius 1 is 1.50 bits per heavy atom. The number of hydrogen-bond acceptors (Lipinski definition) is 2. The fourth-order valence-corrected chi connectivity index (χ4v) is 2.52. The topological polar surface area (TPSA) is 46.3 Å². The Labute approximate surface area is 107 Å². The minimum Gasteiger partial charge on any atom is -0.336 e. The number of rotatable bonds is 4. The minimum absolute atomic E-state index is 0.0333. The van der Waals surface area contributed by atoms with Crippen LogP contribution in [0.25, 0.3) is 0 Å². The number of carbonyl (C=O) groups is 1. The molecule has 4 heteroatoms. The summed E-state index contributed by atoms with van der Waals surface area (Å²) in [5.74, 6) is -0.110. The summed E-state index contributed by atoms with van der Waals surface area (Å²) in [7, 11) is 0. The van der Waals surface area contributed by atoms with E-state index in [-0.39, 0.29) is 17.8 Å². The first kappa shape index (κ1) is 13.0. The Kier molecular flexibility index (Phi) is 4.31.